The lowest BCUT2D eigenvalue weighted by Crippen LogP contribution is -2.61. The van der Waals surface area contributed by atoms with Crippen LogP contribution in [0.2, 0.25) is 0 Å². The Morgan fingerprint density at radius 2 is 1.64 bits per heavy atom. The summed E-state index contributed by atoms with van der Waals surface area (Å²) in [6.07, 6.45) is 5.79. The highest BCUT2D eigenvalue weighted by Crippen LogP contribution is 2.24. The van der Waals surface area contributed by atoms with Gasteiger partial charge in [-0.05, 0) is 69.8 Å². The van der Waals surface area contributed by atoms with Gasteiger partial charge in [0.2, 0.25) is 35.4 Å². The van der Waals surface area contributed by atoms with Gasteiger partial charge < -0.3 is 45.4 Å². The number of allylic oxidation sites excluding steroid dienone is 1. The predicted octanol–water partition coefficient (Wildman–Crippen LogP) is -0.144. The molecule has 6 atom stereocenters. The van der Waals surface area contributed by atoms with Crippen molar-refractivity contribution < 1.29 is 56.6 Å². The Balaban J connectivity index is 1.69. The van der Waals surface area contributed by atoms with Gasteiger partial charge in [0.15, 0.2) is 0 Å². The number of carbonyl (C=O) groups is 8. The van der Waals surface area contributed by atoms with E-state index < -0.39 is 115 Å². The maximum absolute atomic E-state index is 14.4. The van der Waals surface area contributed by atoms with Crippen molar-refractivity contribution in [1.29, 1.82) is 0 Å². The number of hydrogen-bond donors (Lipinski definition) is 4. The van der Waals surface area contributed by atoms with E-state index in [9.17, 15) is 47.1 Å². The van der Waals surface area contributed by atoms with Crippen LogP contribution in [-0.2, 0) is 54.3 Å². The predicted molar refractivity (Wildman–Crippen MR) is 202 cm³/mol. The summed E-state index contributed by atoms with van der Waals surface area (Å²) >= 11 is 0. The highest BCUT2D eigenvalue weighted by Gasteiger charge is 2.44. The number of amides is 6. The van der Waals surface area contributed by atoms with Gasteiger partial charge >= 0.3 is 11.9 Å². The zero-order valence-electron chi connectivity index (χ0n) is 33.2. The van der Waals surface area contributed by atoms with Crippen LogP contribution < -0.4 is 21.3 Å². The third kappa shape index (κ3) is 12.0. The summed E-state index contributed by atoms with van der Waals surface area (Å²) < 4.78 is 39.3. The van der Waals surface area contributed by atoms with E-state index in [1.54, 1.807) is 6.08 Å². The largest absolute Gasteiger partial charge is 0.462 e. The van der Waals surface area contributed by atoms with E-state index in [0.717, 1.165) is 29.9 Å². The van der Waals surface area contributed by atoms with E-state index in [2.05, 4.69) is 21.3 Å². The maximum Gasteiger partial charge on any atom is 0.328 e. The number of rotatable bonds is 13. The van der Waals surface area contributed by atoms with Gasteiger partial charge in [-0.2, -0.15) is 0 Å². The lowest BCUT2D eigenvalue weighted by molar-refractivity contribution is -0.158. The Labute approximate surface area is 335 Å². The summed E-state index contributed by atoms with van der Waals surface area (Å²) in [4.78, 5) is 112. The van der Waals surface area contributed by atoms with Crippen molar-refractivity contribution in [3.8, 4) is 0 Å². The van der Waals surface area contributed by atoms with Crippen LogP contribution in [0.15, 0.2) is 30.4 Å². The fourth-order valence-corrected chi connectivity index (χ4v) is 7.12. The first-order chi connectivity index (χ1) is 27.6. The molecular weight excluding hydrogens is 764 g/mol. The molecule has 0 aromatic heterocycles. The van der Waals surface area contributed by atoms with E-state index in [1.165, 1.54) is 36.9 Å². The van der Waals surface area contributed by atoms with Gasteiger partial charge in [-0.1, -0.05) is 25.8 Å². The van der Waals surface area contributed by atoms with Crippen molar-refractivity contribution in [2.45, 2.75) is 101 Å². The number of esters is 2. The molecule has 1 aromatic rings. The van der Waals surface area contributed by atoms with Gasteiger partial charge in [0.1, 0.15) is 61.1 Å². The van der Waals surface area contributed by atoms with Gasteiger partial charge in [0.05, 0.1) is 6.54 Å². The van der Waals surface area contributed by atoms with E-state index in [1.807, 2.05) is 6.92 Å². The molecule has 3 saturated heterocycles. The topological polar surface area (TPSA) is 213 Å². The molecule has 0 bridgehead atoms. The molecule has 58 heavy (non-hydrogen) atoms. The Morgan fingerprint density at radius 3 is 2.29 bits per heavy atom. The average Bonchev–Trinajstić information content (AvgIpc) is 3.87. The number of carbonyl (C=O) groups excluding carboxylic acids is 8. The zero-order chi connectivity index (χ0) is 42.5. The first-order valence-corrected chi connectivity index (χ1v) is 19.5. The molecule has 0 spiro atoms. The number of likely N-dealkylation sites (N-methyl/N-ethyl adjacent to an activating group) is 2. The standard InChI is InChI=1S/C39H53F2N7O10/c1-5-6-7-8-13-32(49)44-27(18-24-16-25(40)19-26(41)17-24)34(51)45-28-21-58-39(56)30-12-10-15-48(30)36(53)23(2)43-35(52)31(22-57-33(50)20-42-3)46(4)38(55)29-11-9-14-47(29)37(28)54/h8,13,16-17,19,23,27-31,42H,5-7,9-12,14-15,18,20-22H2,1-4H3,(H,43,52)(H,44,49)(H,45,51)/t23-,27-,28-,29-,30-,31-/m0/s1. The Morgan fingerprint density at radius 1 is 0.983 bits per heavy atom. The molecule has 4 rings (SSSR count). The molecule has 1 aromatic carbocycles. The first kappa shape index (κ1) is 45.2. The van der Waals surface area contributed by atoms with Crippen LogP contribution in [0.5, 0.6) is 0 Å². The van der Waals surface area contributed by atoms with Crippen LogP contribution in [0.3, 0.4) is 0 Å². The number of nitrogens with zero attached hydrogens (tertiary/aromatic N) is 3. The number of ether oxygens (including phenoxy) is 2. The zero-order valence-corrected chi connectivity index (χ0v) is 33.2. The minimum absolute atomic E-state index is 0.0207. The fourth-order valence-electron chi connectivity index (χ4n) is 7.12. The summed E-state index contributed by atoms with van der Waals surface area (Å²) in [7, 11) is 2.81. The van der Waals surface area contributed by atoms with Crippen LogP contribution in [0.25, 0.3) is 0 Å². The van der Waals surface area contributed by atoms with Gasteiger partial charge in [0, 0.05) is 32.6 Å². The minimum Gasteiger partial charge on any atom is -0.462 e. The van der Waals surface area contributed by atoms with Gasteiger partial charge in [-0.15, -0.1) is 0 Å². The van der Waals surface area contributed by atoms with Crippen molar-refractivity contribution in [3.05, 3.63) is 47.5 Å². The Bertz CT molecular complexity index is 1730. The lowest BCUT2D eigenvalue weighted by Gasteiger charge is -2.35. The third-order valence-electron chi connectivity index (χ3n) is 10.2. The summed E-state index contributed by atoms with van der Waals surface area (Å²) in [6, 6.07) is -5.37. The number of cyclic esters (lactones) is 1. The molecule has 6 amide bonds. The second kappa shape index (κ2) is 21.3. The molecule has 3 fully saturated rings. The molecule has 0 aliphatic carbocycles. The normalized spacial score (nSPS) is 23.9. The first-order valence-electron chi connectivity index (χ1n) is 19.5. The highest BCUT2D eigenvalue weighted by molar-refractivity contribution is 5.98. The molecule has 3 aliphatic rings. The van der Waals surface area contributed by atoms with E-state index >= 15 is 0 Å². The SMILES string of the molecule is CCCCC=CC(=O)N[C@@H](Cc1cc(F)cc(F)c1)C(=O)N[C@H]1COC(=O)[C@@H]2CCCN2C(=O)[C@H](C)NC(=O)[C@H](COC(=O)CNC)N(C)C(=O)[C@@H]2CCCN2C1=O. The quantitative estimate of drug-likeness (QED) is 0.117. The monoisotopic (exact) mass is 817 g/mol. The van der Waals surface area contributed by atoms with E-state index in [0.29, 0.717) is 25.3 Å². The number of halogens is 2. The molecule has 19 heteroatoms. The summed E-state index contributed by atoms with van der Waals surface area (Å²) in [5.74, 6) is -8.09. The average molecular weight is 818 g/mol. The van der Waals surface area contributed by atoms with Crippen LogP contribution in [0.1, 0.15) is 64.4 Å². The molecule has 4 N–H and O–H groups in total. The fraction of sp³-hybridized carbons (Fsp3) is 0.590. The van der Waals surface area contributed by atoms with Crippen LogP contribution >= 0.6 is 0 Å². The Kier molecular flexibility index (Phi) is 16.6. The van der Waals surface area contributed by atoms with Crippen LogP contribution in [0, 0.1) is 11.6 Å². The third-order valence-corrected chi connectivity index (χ3v) is 10.2. The maximum atomic E-state index is 14.4. The summed E-state index contributed by atoms with van der Waals surface area (Å²) in [5, 5.41) is 10.3. The molecule has 0 saturated carbocycles. The molecule has 318 valence electrons. The molecular formula is C39H53F2N7O10. The van der Waals surface area contributed by atoms with E-state index in [4.69, 9.17) is 9.47 Å². The minimum atomic E-state index is -1.64. The van der Waals surface area contributed by atoms with Crippen molar-refractivity contribution in [3.63, 3.8) is 0 Å². The Hall–Kier alpha value is -5.46. The molecule has 17 nitrogen and oxygen atoms in total. The number of fused-ring (bicyclic) bond motifs is 2. The van der Waals surface area contributed by atoms with Gasteiger partial charge in [-0.25, -0.2) is 13.6 Å². The number of nitrogens with one attached hydrogen (secondary N) is 4. The molecule has 0 radical (unpaired) electrons. The van der Waals surface area contributed by atoms with E-state index in [-0.39, 0.29) is 38.0 Å². The number of hydrogen-bond acceptors (Lipinski definition) is 11. The smallest absolute Gasteiger partial charge is 0.328 e. The highest BCUT2D eigenvalue weighted by atomic mass is 19.1. The van der Waals surface area contributed by atoms with Crippen LogP contribution in [0.4, 0.5) is 8.78 Å². The van der Waals surface area contributed by atoms with Gasteiger partial charge in [-0.3, -0.25) is 33.6 Å². The number of benzene rings is 1. The van der Waals surface area contributed by atoms with Crippen molar-refractivity contribution in [2.75, 3.05) is 46.9 Å². The lowest BCUT2D eigenvalue weighted by atomic mass is 10.0. The van der Waals surface area contributed by atoms with Gasteiger partial charge in [0.25, 0.3) is 0 Å². The van der Waals surface area contributed by atoms with Crippen LogP contribution in [-0.4, -0.2) is 145 Å². The number of unbranched alkanes of at least 4 members (excludes halogenated alkanes) is 2. The summed E-state index contributed by atoms with van der Waals surface area (Å²) in [6.45, 7) is 2.05. The molecule has 3 aliphatic heterocycles. The summed E-state index contributed by atoms with van der Waals surface area (Å²) in [5.41, 5.74) is 0.0207. The molecule has 3 heterocycles. The molecule has 0 unspecified atom stereocenters. The second-order valence-corrected chi connectivity index (χ2v) is 14.6. The second-order valence-electron chi connectivity index (χ2n) is 14.6. The van der Waals surface area contributed by atoms with Crippen molar-refractivity contribution >= 4 is 47.4 Å². The van der Waals surface area contributed by atoms with Crippen molar-refractivity contribution in [2.24, 2.45) is 0 Å². The van der Waals surface area contributed by atoms with Crippen molar-refractivity contribution in [1.82, 2.24) is 36.0 Å².